The average Bonchev–Trinajstić information content (AvgIpc) is 2.39. The molecule has 0 saturated heterocycles. The summed E-state index contributed by atoms with van der Waals surface area (Å²) in [5.41, 5.74) is 5.86. The zero-order valence-corrected chi connectivity index (χ0v) is 15.9. The first-order chi connectivity index (χ1) is 9.58. The number of rotatable bonds is 3. The number of benzene rings is 1. The Labute approximate surface area is 145 Å². The average molecular weight is 359 g/mol. The summed E-state index contributed by atoms with van der Waals surface area (Å²) >= 11 is -0.556. The molecular formula is C16H20Cl2N2Ti-2. The molecule has 0 N–H and O–H groups in total. The number of aryl methyl sites for hydroxylation is 3. The molecule has 2 aromatic rings. The van der Waals surface area contributed by atoms with Gasteiger partial charge in [-0.2, -0.15) is 0 Å². The second-order valence-electron chi connectivity index (χ2n) is 4.46. The molecule has 2 rings (SSSR count). The van der Waals surface area contributed by atoms with Crippen molar-refractivity contribution < 1.29 is 17.0 Å². The van der Waals surface area contributed by atoms with Gasteiger partial charge in [0.1, 0.15) is 0 Å². The Morgan fingerprint density at radius 3 is 2.14 bits per heavy atom. The quantitative estimate of drug-likeness (QED) is 0.485. The Balaban J connectivity index is 0.000000922. The van der Waals surface area contributed by atoms with Gasteiger partial charge in [-0.3, -0.25) is 4.98 Å². The molecule has 0 radical (unpaired) electrons. The zero-order valence-electron chi connectivity index (χ0n) is 12.8. The maximum absolute atomic E-state index is 4.89. The van der Waals surface area contributed by atoms with Crippen molar-refractivity contribution in [3.63, 3.8) is 0 Å². The molecule has 2 nitrogen and oxygen atoms in total. The van der Waals surface area contributed by atoms with Crippen LogP contribution in [-0.4, -0.2) is 4.98 Å². The molecule has 0 aliphatic heterocycles. The predicted molar refractivity (Wildman–Crippen MR) is 89.7 cm³/mol. The van der Waals surface area contributed by atoms with Crippen LogP contribution in [0.25, 0.3) is 5.32 Å². The molecule has 0 atom stereocenters. The molecule has 0 saturated carbocycles. The van der Waals surface area contributed by atoms with Crippen LogP contribution in [0.3, 0.4) is 0 Å². The van der Waals surface area contributed by atoms with Crippen LogP contribution in [0.15, 0.2) is 36.5 Å². The van der Waals surface area contributed by atoms with E-state index in [1.807, 2.05) is 18.2 Å². The van der Waals surface area contributed by atoms with Crippen LogP contribution in [0.1, 0.15) is 22.4 Å². The van der Waals surface area contributed by atoms with E-state index in [4.69, 9.17) is 18.6 Å². The fourth-order valence-corrected chi connectivity index (χ4v) is 2.07. The van der Waals surface area contributed by atoms with Crippen molar-refractivity contribution in [2.24, 2.45) is 0 Å². The molecule has 1 aromatic carbocycles. The summed E-state index contributed by atoms with van der Waals surface area (Å²) in [5, 5.41) is 4.65. The van der Waals surface area contributed by atoms with Crippen molar-refractivity contribution in [2.45, 2.75) is 27.3 Å². The summed E-state index contributed by atoms with van der Waals surface area (Å²) in [6, 6.07) is 10.3. The summed E-state index contributed by atoms with van der Waals surface area (Å²) in [4.78, 5) is 4.28. The summed E-state index contributed by atoms with van der Waals surface area (Å²) < 4.78 is 0. The molecule has 0 unspecified atom stereocenters. The van der Waals surface area contributed by atoms with E-state index in [1.165, 1.54) is 16.7 Å². The van der Waals surface area contributed by atoms with Crippen LogP contribution < -0.4 is 0 Å². The molecule has 1 aromatic heterocycles. The van der Waals surface area contributed by atoms with Crippen molar-refractivity contribution in [3.8, 4) is 0 Å². The Bertz CT molecular complexity index is 510. The van der Waals surface area contributed by atoms with Crippen molar-refractivity contribution in [1.82, 2.24) is 4.98 Å². The number of pyridine rings is 1. The van der Waals surface area contributed by atoms with E-state index in [0.29, 0.717) is 6.54 Å². The van der Waals surface area contributed by atoms with Crippen LogP contribution in [0.4, 0.5) is 5.69 Å². The monoisotopic (exact) mass is 358 g/mol. The molecule has 114 valence electrons. The van der Waals surface area contributed by atoms with E-state index in [9.17, 15) is 0 Å². The first-order valence-electron chi connectivity index (χ1n) is 6.20. The Morgan fingerprint density at radius 1 is 1.10 bits per heavy atom. The van der Waals surface area contributed by atoms with E-state index >= 15 is 0 Å². The molecule has 0 fully saturated rings. The number of aromatic nitrogens is 1. The predicted octanol–water partition coefficient (Wildman–Crippen LogP) is 6.04. The topological polar surface area (TPSA) is 27.0 Å². The van der Waals surface area contributed by atoms with Crippen molar-refractivity contribution in [3.05, 3.63) is 71.7 Å². The normalized spacial score (nSPS) is 9.00. The first kappa shape index (κ1) is 20.5. The van der Waals surface area contributed by atoms with Crippen molar-refractivity contribution in [2.75, 3.05) is 0 Å². The number of halogens is 2. The fourth-order valence-electron chi connectivity index (χ4n) is 2.07. The van der Waals surface area contributed by atoms with Crippen LogP contribution >= 0.6 is 18.6 Å². The molecule has 0 aliphatic rings. The van der Waals surface area contributed by atoms with Crippen LogP contribution in [0, 0.1) is 28.2 Å². The molecule has 0 spiro atoms. The van der Waals surface area contributed by atoms with E-state index in [2.05, 4.69) is 43.2 Å². The molecular weight excluding hydrogens is 339 g/mol. The van der Waals surface area contributed by atoms with Gasteiger partial charge in [-0.15, -0.1) is 5.69 Å². The van der Waals surface area contributed by atoms with Gasteiger partial charge in [0, 0.05) is 11.9 Å². The van der Waals surface area contributed by atoms with Gasteiger partial charge in [0.05, 0.1) is 0 Å². The van der Waals surface area contributed by atoms with E-state index in [0.717, 1.165) is 11.4 Å². The van der Waals surface area contributed by atoms with Crippen molar-refractivity contribution in [1.29, 1.82) is 0 Å². The van der Waals surface area contributed by atoms with Crippen molar-refractivity contribution >= 4 is 24.3 Å². The molecule has 5 heteroatoms. The van der Waals surface area contributed by atoms with Crippen LogP contribution in [-0.2, 0) is 23.6 Å². The zero-order chi connectivity index (χ0) is 15.0. The number of nitrogens with zero attached hydrogens (tertiary/aromatic N) is 2. The van der Waals surface area contributed by atoms with Gasteiger partial charge in [0.2, 0.25) is 0 Å². The molecule has 0 bridgehead atoms. The van der Waals surface area contributed by atoms with Gasteiger partial charge in [0.25, 0.3) is 0 Å². The van der Waals surface area contributed by atoms with Gasteiger partial charge in [-0.1, -0.05) is 41.4 Å². The first-order valence-corrected chi connectivity index (χ1v) is 10.5. The summed E-state index contributed by atoms with van der Waals surface area (Å²) in [7, 11) is 9.78. The molecule has 0 amide bonds. The van der Waals surface area contributed by atoms with E-state index < -0.39 is 17.0 Å². The third-order valence-electron chi connectivity index (χ3n) is 2.76. The minimum absolute atomic E-state index is 0. The SMILES string of the molecule is Cc1cc(C)c([N-]Cc2ccccn2)c(C)c1.[CH3-].[Cl][Ti][Cl]. The van der Waals surface area contributed by atoms with Gasteiger partial charge in [-0.05, 0) is 32.9 Å². The number of hydrogen-bond donors (Lipinski definition) is 0. The van der Waals surface area contributed by atoms with Gasteiger partial charge >= 0.3 is 35.6 Å². The number of hydrogen-bond acceptors (Lipinski definition) is 1. The van der Waals surface area contributed by atoms with Gasteiger partial charge in [0.15, 0.2) is 0 Å². The third-order valence-corrected chi connectivity index (χ3v) is 2.76. The summed E-state index contributed by atoms with van der Waals surface area (Å²) in [6.45, 7) is 6.97. The summed E-state index contributed by atoms with van der Waals surface area (Å²) in [6.07, 6.45) is 1.81. The second kappa shape index (κ2) is 11.1. The molecule has 1 heterocycles. The fraction of sp³-hybridized carbons (Fsp3) is 0.250. The Hall–Kier alpha value is -0.536. The standard InChI is InChI=1S/C15H17N2.CH3.2ClH.Ti/c1-11-8-12(2)15(13(3)9-11)17-10-14-6-4-5-7-16-14;;;;/h4-9H,10H2,1-3H3;1H3;2*1H;/q2*-1;;;+2/p-2. The van der Waals surface area contributed by atoms with E-state index in [-0.39, 0.29) is 7.43 Å². The maximum atomic E-state index is 4.89. The third kappa shape index (κ3) is 7.33. The summed E-state index contributed by atoms with van der Waals surface area (Å²) in [5.74, 6) is 0. The van der Waals surface area contributed by atoms with Gasteiger partial charge < -0.3 is 12.7 Å². The Kier molecular flexibility index (Phi) is 10.8. The molecule has 21 heavy (non-hydrogen) atoms. The Morgan fingerprint density at radius 2 is 1.67 bits per heavy atom. The van der Waals surface area contributed by atoms with Gasteiger partial charge in [-0.25, -0.2) is 0 Å². The van der Waals surface area contributed by atoms with E-state index in [1.54, 1.807) is 6.20 Å². The van der Waals surface area contributed by atoms with Crippen LogP contribution in [0.5, 0.6) is 0 Å². The molecule has 0 aliphatic carbocycles. The second-order valence-corrected chi connectivity index (χ2v) is 7.04. The minimum atomic E-state index is -0.556. The van der Waals surface area contributed by atoms with Crippen LogP contribution in [0.2, 0.25) is 0 Å².